The maximum Gasteiger partial charge on any atom is 0.163 e. The smallest absolute Gasteiger partial charge is 0.163 e. The molecule has 0 bridgehead atoms. The number of benzene rings is 3. The van der Waals surface area contributed by atoms with Gasteiger partial charge in [0.25, 0.3) is 0 Å². The molecule has 7 heteroatoms. The fourth-order valence-corrected chi connectivity index (χ4v) is 5.10. The Morgan fingerprint density at radius 3 is 2.45 bits per heavy atom. The Kier molecular flexibility index (Phi) is 4.84. The minimum Gasteiger partial charge on any atom is -0.314 e. The third-order valence-electron chi connectivity index (χ3n) is 6.04. The summed E-state index contributed by atoms with van der Waals surface area (Å²) in [6.45, 7) is 2.00. The third-order valence-corrected chi connectivity index (χ3v) is 7.12. The largest absolute Gasteiger partial charge is 0.314 e. The fraction of sp³-hybridized carbons (Fsp3) is 0.0769. The SMILES string of the molecule is Cc1nn(-c2ccc(Cl)cc2)c2c1[C@@H](c1cccc(Cl)c1Cl)N1C(=N2)C=Cc2ccccc21. The van der Waals surface area contributed by atoms with E-state index < -0.39 is 0 Å². The van der Waals surface area contributed by atoms with Crippen molar-refractivity contribution in [2.45, 2.75) is 13.0 Å². The molecule has 2 aliphatic rings. The lowest BCUT2D eigenvalue weighted by atomic mass is 9.92. The van der Waals surface area contributed by atoms with Crippen LogP contribution in [-0.4, -0.2) is 15.6 Å². The van der Waals surface area contributed by atoms with E-state index in [0.29, 0.717) is 15.1 Å². The first kappa shape index (κ1) is 20.5. The Balaban J connectivity index is 1.66. The van der Waals surface area contributed by atoms with Crippen LogP contribution in [0.5, 0.6) is 0 Å². The fourth-order valence-electron chi connectivity index (χ4n) is 4.56. The van der Waals surface area contributed by atoms with E-state index in [1.807, 2.05) is 66.2 Å². The molecular formula is C26H17Cl3N4. The summed E-state index contributed by atoms with van der Waals surface area (Å²) in [5.41, 5.74) is 5.83. The van der Waals surface area contributed by atoms with Crippen molar-refractivity contribution < 1.29 is 0 Å². The van der Waals surface area contributed by atoms with Gasteiger partial charge in [0.05, 0.1) is 33.2 Å². The van der Waals surface area contributed by atoms with Crippen molar-refractivity contribution in [2.24, 2.45) is 4.99 Å². The molecule has 0 saturated heterocycles. The van der Waals surface area contributed by atoms with E-state index in [1.54, 1.807) is 6.07 Å². The topological polar surface area (TPSA) is 33.4 Å². The van der Waals surface area contributed by atoms with Crippen LogP contribution in [0, 0.1) is 6.92 Å². The molecule has 2 aliphatic heterocycles. The number of halogens is 3. The molecule has 33 heavy (non-hydrogen) atoms. The third kappa shape index (κ3) is 3.21. The van der Waals surface area contributed by atoms with Crippen LogP contribution in [0.1, 0.15) is 28.4 Å². The second-order valence-corrected chi connectivity index (χ2v) is 9.21. The molecule has 6 rings (SSSR count). The van der Waals surface area contributed by atoms with Crippen LogP contribution in [-0.2, 0) is 0 Å². The summed E-state index contributed by atoms with van der Waals surface area (Å²) in [4.78, 5) is 7.28. The summed E-state index contributed by atoms with van der Waals surface area (Å²) >= 11 is 19.4. The van der Waals surface area contributed by atoms with Gasteiger partial charge < -0.3 is 4.90 Å². The van der Waals surface area contributed by atoms with Gasteiger partial charge in [-0.25, -0.2) is 9.67 Å². The van der Waals surface area contributed by atoms with E-state index in [2.05, 4.69) is 23.1 Å². The van der Waals surface area contributed by atoms with Gasteiger partial charge in [-0.3, -0.25) is 0 Å². The number of hydrogen-bond acceptors (Lipinski definition) is 3. The number of anilines is 1. The summed E-state index contributed by atoms with van der Waals surface area (Å²) in [5.74, 6) is 1.59. The lowest BCUT2D eigenvalue weighted by Gasteiger charge is -2.39. The zero-order chi connectivity index (χ0) is 22.7. The van der Waals surface area contributed by atoms with Crippen LogP contribution in [0.25, 0.3) is 11.8 Å². The van der Waals surface area contributed by atoms with Crippen molar-refractivity contribution in [3.05, 3.63) is 110 Å². The number of hydrogen-bond donors (Lipinski definition) is 0. The molecule has 1 atom stereocenters. The quantitative estimate of drug-likeness (QED) is 0.286. The van der Waals surface area contributed by atoms with E-state index in [9.17, 15) is 0 Å². The summed E-state index contributed by atoms with van der Waals surface area (Å²) in [5, 5.41) is 6.59. The van der Waals surface area contributed by atoms with Crippen molar-refractivity contribution in [2.75, 3.05) is 4.90 Å². The maximum absolute atomic E-state index is 6.79. The van der Waals surface area contributed by atoms with Crippen LogP contribution < -0.4 is 4.90 Å². The Morgan fingerprint density at radius 1 is 0.848 bits per heavy atom. The molecule has 3 aromatic carbocycles. The van der Waals surface area contributed by atoms with E-state index >= 15 is 0 Å². The Labute approximate surface area is 206 Å². The number of nitrogens with zero attached hydrogens (tertiary/aromatic N) is 4. The summed E-state index contributed by atoms with van der Waals surface area (Å²) in [6.07, 6.45) is 4.12. The molecule has 0 N–H and O–H groups in total. The molecule has 1 aromatic heterocycles. The van der Waals surface area contributed by atoms with Gasteiger partial charge in [-0.05, 0) is 66.6 Å². The zero-order valence-corrected chi connectivity index (χ0v) is 19.8. The number of fused-ring (bicyclic) bond motifs is 4. The highest BCUT2D eigenvalue weighted by molar-refractivity contribution is 6.42. The highest BCUT2D eigenvalue weighted by atomic mass is 35.5. The van der Waals surface area contributed by atoms with Gasteiger partial charge in [0.2, 0.25) is 0 Å². The molecule has 0 amide bonds. The van der Waals surface area contributed by atoms with Gasteiger partial charge in [0.15, 0.2) is 5.82 Å². The predicted molar refractivity (Wildman–Crippen MR) is 137 cm³/mol. The first-order chi connectivity index (χ1) is 16.0. The molecule has 0 unspecified atom stereocenters. The van der Waals surface area contributed by atoms with E-state index in [0.717, 1.165) is 45.4 Å². The summed E-state index contributed by atoms with van der Waals surface area (Å²) < 4.78 is 1.87. The zero-order valence-electron chi connectivity index (χ0n) is 17.5. The van der Waals surface area contributed by atoms with Crippen molar-refractivity contribution in [1.82, 2.24) is 9.78 Å². The minimum absolute atomic E-state index is 0.245. The predicted octanol–water partition coefficient (Wildman–Crippen LogP) is 7.81. The summed E-state index contributed by atoms with van der Waals surface area (Å²) in [6, 6.07) is 21.4. The van der Waals surface area contributed by atoms with Crippen LogP contribution in [0.4, 0.5) is 11.5 Å². The van der Waals surface area contributed by atoms with E-state index in [4.69, 9.17) is 44.9 Å². The van der Waals surface area contributed by atoms with Crippen molar-refractivity contribution in [3.8, 4) is 5.69 Å². The number of rotatable bonds is 2. The van der Waals surface area contributed by atoms with Crippen LogP contribution >= 0.6 is 34.8 Å². The van der Waals surface area contributed by atoms with E-state index in [-0.39, 0.29) is 6.04 Å². The Hall–Kier alpha value is -3.05. The van der Waals surface area contributed by atoms with Gasteiger partial charge in [-0.2, -0.15) is 5.10 Å². The molecule has 0 radical (unpaired) electrons. The molecule has 0 aliphatic carbocycles. The molecule has 0 fully saturated rings. The van der Waals surface area contributed by atoms with Crippen LogP contribution in [0.3, 0.4) is 0 Å². The van der Waals surface area contributed by atoms with Gasteiger partial charge in [-0.15, -0.1) is 0 Å². The number of aryl methyl sites for hydroxylation is 1. The molecule has 0 saturated carbocycles. The minimum atomic E-state index is -0.245. The molecule has 0 spiro atoms. The number of para-hydroxylation sites is 1. The molecule has 162 valence electrons. The second-order valence-electron chi connectivity index (χ2n) is 7.99. The Morgan fingerprint density at radius 2 is 1.64 bits per heavy atom. The molecule has 3 heterocycles. The van der Waals surface area contributed by atoms with Gasteiger partial charge in [0.1, 0.15) is 5.84 Å². The molecular weight excluding hydrogens is 475 g/mol. The highest BCUT2D eigenvalue weighted by Crippen LogP contribution is 2.48. The summed E-state index contributed by atoms with van der Waals surface area (Å²) in [7, 11) is 0. The van der Waals surface area contributed by atoms with Gasteiger partial charge in [0, 0.05) is 10.6 Å². The van der Waals surface area contributed by atoms with Crippen LogP contribution in [0.2, 0.25) is 15.1 Å². The highest BCUT2D eigenvalue weighted by Gasteiger charge is 2.39. The molecule has 4 aromatic rings. The number of amidine groups is 1. The normalized spacial score (nSPS) is 16.2. The first-order valence-electron chi connectivity index (χ1n) is 10.5. The number of aliphatic imine (C=N–C) groups is 1. The number of aromatic nitrogens is 2. The first-order valence-corrected chi connectivity index (χ1v) is 11.6. The monoisotopic (exact) mass is 490 g/mol. The lowest BCUT2D eigenvalue weighted by Crippen LogP contribution is -2.39. The van der Waals surface area contributed by atoms with Gasteiger partial charge in [-0.1, -0.05) is 65.1 Å². The average Bonchev–Trinajstić information content (AvgIpc) is 3.16. The van der Waals surface area contributed by atoms with Gasteiger partial charge >= 0.3 is 0 Å². The van der Waals surface area contributed by atoms with E-state index in [1.165, 1.54) is 0 Å². The van der Waals surface area contributed by atoms with Crippen molar-refractivity contribution in [1.29, 1.82) is 0 Å². The van der Waals surface area contributed by atoms with Crippen molar-refractivity contribution >= 4 is 58.2 Å². The second kappa shape index (κ2) is 7.77. The molecule has 4 nitrogen and oxygen atoms in total. The lowest BCUT2D eigenvalue weighted by molar-refractivity contribution is 0.814. The average molecular weight is 492 g/mol. The Bertz CT molecular complexity index is 1470. The standard InChI is InChI=1S/C26H17Cl3N4/c1-15-23-25(19-6-4-7-20(28)24(19)29)32-21-8-3-2-5-16(21)9-14-22(32)30-26(23)33(31-15)18-12-10-17(27)11-13-18/h2-14,25H,1H3/t25-/m1/s1. The maximum atomic E-state index is 6.79. The van der Waals surface area contributed by atoms with Crippen LogP contribution in [0.15, 0.2) is 77.8 Å². The van der Waals surface area contributed by atoms with Crippen molar-refractivity contribution in [3.63, 3.8) is 0 Å².